The first-order chi connectivity index (χ1) is 16.3. The van der Waals surface area contributed by atoms with Crippen molar-refractivity contribution in [3.8, 4) is 5.75 Å². The van der Waals surface area contributed by atoms with Crippen LogP contribution in [0.15, 0.2) is 53.4 Å². The Kier molecular flexibility index (Phi) is 8.51. The van der Waals surface area contributed by atoms with E-state index in [4.69, 9.17) is 9.47 Å². The van der Waals surface area contributed by atoms with E-state index in [2.05, 4.69) is 0 Å². The highest BCUT2D eigenvalue weighted by Gasteiger charge is 2.32. The van der Waals surface area contributed by atoms with Crippen LogP contribution in [0.3, 0.4) is 0 Å². The van der Waals surface area contributed by atoms with Gasteiger partial charge in [-0.25, -0.2) is 13.2 Å². The summed E-state index contributed by atoms with van der Waals surface area (Å²) in [4.78, 5) is 28.2. The summed E-state index contributed by atoms with van der Waals surface area (Å²) in [6, 6.07) is 14.1. The van der Waals surface area contributed by atoms with E-state index >= 15 is 0 Å². The number of nitrogens with zero attached hydrogens (tertiary/aromatic N) is 3. The largest absolute Gasteiger partial charge is 0.495 e. The van der Waals surface area contributed by atoms with Crippen LogP contribution in [-0.4, -0.2) is 81.0 Å². The summed E-state index contributed by atoms with van der Waals surface area (Å²) in [6.45, 7) is 4.82. The molecule has 0 aromatic heterocycles. The number of carbonyl (C=O) groups is 2. The average Bonchev–Trinajstić information content (AvgIpc) is 2.84. The monoisotopic (exact) mass is 489 g/mol. The molecule has 184 valence electrons. The van der Waals surface area contributed by atoms with Crippen molar-refractivity contribution in [1.29, 1.82) is 0 Å². The molecule has 1 aliphatic heterocycles. The Morgan fingerprint density at radius 3 is 2.26 bits per heavy atom. The van der Waals surface area contributed by atoms with Crippen LogP contribution < -0.4 is 4.74 Å². The third-order valence-electron chi connectivity index (χ3n) is 5.61. The molecule has 0 spiro atoms. The van der Waals surface area contributed by atoms with Crippen LogP contribution >= 0.6 is 0 Å². The quantitative estimate of drug-likeness (QED) is 0.565. The van der Waals surface area contributed by atoms with Crippen molar-refractivity contribution in [2.45, 2.75) is 25.3 Å². The van der Waals surface area contributed by atoms with Crippen LogP contribution in [0.5, 0.6) is 5.75 Å². The first-order valence-corrected chi connectivity index (χ1v) is 12.6. The van der Waals surface area contributed by atoms with Crippen LogP contribution in [0.1, 0.15) is 18.1 Å². The molecule has 1 heterocycles. The van der Waals surface area contributed by atoms with Crippen LogP contribution in [0.2, 0.25) is 0 Å². The van der Waals surface area contributed by atoms with Crippen molar-refractivity contribution in [2.24, 2.45) is 0 Å². The number of rotatable bonds is 8. The molecule has 0 atom stereocenters. The van der Waals surface area contributed by atoms with Gasteiger partial charge in [-0.2, -0.15) is 4.31 Å². The zero-order valence-corrected chi connectivity index (χ0v) is 20.6. The molecule has 0 N–H and O–H groups in total. The van der Waals surface area contributed by atoms with Gasteiger partial charge in [-0.05, 0) is 37.1 Å². The van der Waals surface area contributed by atoms with E-state index in [9.17, 15) is 18.0 Å². The molecule has 34 heavy (non-hydrogen) atoms. The lowest BCUT2D eigenvalue weighted by Crippen LogP contribution is -2.53. The van der Waals surface area contributed by atoms with E-state index in [-0.39, 0.29) is 36.2 Å². The molecule has 2 aromatic carbocycles. The number of piperazine rings is 1. The Morgan fingerprint density at radius 1 is 1.00 bits per heavy atom. The second kappa shape index (κ2) is 11.3. The number of amides is 2. The maximum atomic E-state index is 13.7. The fourth-order valence-electron chi connectivity index (χ4n) is 3.74. The van der Waals surface area contributed by atoms with Crippen LogP contribution in [0, 0.1) is 6.92 Å². The highest BCUT2D eigenvalue weighted by atomic mass is 32.2. The van der Waals surface area contributed by atoms with Gasteiger partial charge < -0.3 is 19.3 Å². The fourth-order valence-corrected chi connectivity index (χ4v) is 5.36. The lowest BCUT2D eigenvalue weighted by Gasteiger charge is -2.35. The summed E-state index contributed by atoms with van der Waals surface area (Å²) in [6.07, 6.45) is -0.408. The van der Waals surface area contributed by atoms with E-state index < -0.39 is 16.1 Å². The number of hydrogen-bond acceptors (Lipinski definition) is 6. The number of methoxy groups -OCH3 is 1. The van der Waals surface area contributed by atoms with Crippen molar-refractivity contribution in [1.82, 2.24) is 14.1 Å². The summed E-state index contributed by atoms with van der Waals surface area (Å²) in [5.41, 5.74) is 1.53. The summed E-state index contributed by atoms with van der Waals surface area (Å²) in [5.74, 6) is -0.103. The molecule has 2 aromatic rings. The van der Waals surface area contributed by atoms with Gasteiger partial charge in [0.25, 0.3) is 0 Å². The number of carbonyl (C=O) groups excluding carboxylic acids is 2. The number of aryl methyl sites for hydroxylation is 1. The second-order valence-corrected chi connectivity index (χ2v) is 9.89. The molecule has 0 saturated carbocycles. The predicted molar refractivity (Wildman–Crippen MR) is 127 cm³/mol. The average molecular weight is 490 g/mol. The summed E-state index contributed by atoms with van der Waals surface area (Å²) in [5, 5.41) is 0. The zero-order chi connectivity index (χ0) is 24.7. The lowest BCUT2D eigenvalue weighted by molar-refractivity contribution is -0.133. The first-order valence-electron chi connectivity index (χ1n) is 11.1. The van der Waals surface area contributed by atoms with Gasteiger partial charge >= 0.3 is 6.09 Å². The number of sulfonamides is 1. The van der Waals surface area contributed by atoms with E-state index in [1.54, 1.807) is 41.8 Å². The van der Waals surface area contributed by atoms with Crippen LogP contribution in [-0.2, 0) is 26.1 Å². The molecule has 0 aliphatic carbocycles. The van der Waals surface area contributed by atoms with Gasteiger partial charge in [0.15, 0.2) is 0 Å². The van der Waals surface area contributed by atoms with Gasteiger partial charge in [0.1, 0.15) is 10.6 Å². The van der Waals surface area contributed by atoms with E-state index in [1.165, 1.54) is 11.4 Å². The molecule has 3 rings (SSSR count). The SMILES string of the molecule is CCOC(=O)N1CCN(C(=O)CN(Cc2ccccc2)S(=O)(=O)c2cc(C)ccc2OC)CC1. The highest BCUT2D eigenvalue weighted by molar-refractivity contribution is 7.89. The Labute approximate surface area is 200 Å². The zero-order valence-electron chi connectivity index (χ0n) is 19.8. The molecule has 1 aliphatic rings. The molecular formula is C24H31N3O6S. The van der Waals surface area contributed by atoms with Crippen molar-refractivity contribution in [3.63, 3.8) is 0 Å². The topological polar surface area (TPSA) is 96.5 Å². The normalized spacial score (nSPS) is 14.2. The minimum atomic E-state index is -4.05. The standard InChI is InChI=1S/C24H31N3O6S/c1-4-33-24(29)26-14-12-25(13-15-26)23(28)18-27(17-20-8-6-5-7-9-20)34(30,31)22-16-19(2)10-11-21(22)32-3/h5-11,16H,4,12-15,17-18H2,1-3H3. The van der Waals surface area contributed by atoms with Crippen LogP contribution in [0.4, 0.5) is 4.79 Å². The smallest absolute Gasteiger partial charge is 0.409 e. The predicted octanol–water partition coefficient (Wildman–Crippen LogP) is 2.50. The molecule has 10 heteroatoms. The minimum Gasteiger partial charge on any atom is -0.495 e. The van der Waals surface area contributed by atoms with E-state index in [0.29, 0.717) is 26.2 Å². The fraction of sp³-hybridized carbons (Fsp3) is 0.417. The summed E-state index contributed by atoms with van der Waals surface area (Å²) < 4.78 is 38.9. The van der Waals surface area contributed by atoms with Gasteiger partial charge in [-0.15, -0.1) is 0 Å². The third-order valence-corrected chi connectivity index (χ3v) is 7.42. The molecular weight excluding hydrogens is 458 g/mol. The van der Waals surface area contributed by atoms with Crippen molar-refractivity contribution in [3.05, 3.63) is 59.7 Å². The van der Waals surface area contributed by atoms with Gasteiger partial charge in [-0.1, -0.05) is 36.4 Å². The highest BCUT2D eigenvalue weighted by Crippen LogP contribution is 2.29. The molecule has 0 radical (unpaired) electrons. The van der Waals surface area contributed by atoms with E-state index in [0.717, 1.165) is 11.1 Å². The van der Waals surface area contributed by atoms with Gasteiger partial charge in [-0.3, -0.25) is 4.79 Å². The Morgan fingerprint density at radius 2 is 1.65 bits per heavy atom. The number of ether oxygens (including phenoxy) is 2. The lowest BCUT2D eigenvalue weighted by atomic mass is 10.2. The maximum absolute atomic E-state index is 13.7. The van der Waals surface area contributed by atoms with Crippen molar-refractivity contribution >= 4 is 22.0 Å². The van der Waals surface area contributed by atoms with Gasteiger partial charge in [0, 0.05) is 32.7 Å². The van der Waals surface area contributed by atoms with Crippen LogP contribution in [0.25, 0.3) is 0 Å². The Bertz CT molecular complexity index is 1100. The van der Waals surface area contributed by atoms with Gasteiger partial charge in [0.05, 0.1) is 20.3 Å². The van der Waals surface area contributed by atoms with Crippen molar-refractivity contribution in [2.75, 3.05) is 46.4 Å². The number of benzene rings is 2. The minimum absolute atomic E-state index is 0.0193. The molecule has 0 bridgehead atoms. The first kappa shape index (κ1) is 25.5. The maximum Gasteiger partial charge on any atom is 0.409 e. The Hall–Kier alpha value is -3.11. The molecule has 2 amide bonds. The molecule has 0 unspecified atom stereocenters. The molecule has 1 saturated heterocycles. The molecule has 9 nitrogen and oxygen atoms in total. The van der Waals surface area contributed by atoms with Crippen molar-refractivity contribution < 1.29 is 27.5 Å². The second-order valence-electron chi connectivity index (χ2n) is 7.98. The number of hydrogen-bond donors (Lipinski definition) is 0. The third kappa shape index (κ3) is 6.06. The Balaban J connectivity index is 1.82. The van der Waals surface area contributed by atoms with E-state index in [1.807, 2.05) is 30.3 Å². The summed E-state index contributed by atoms with van der Waals surface area (Å²) >= 11 is 0. The van der Waals surface area contributed by atoms with Gasteiger partial charge in [0.2, 0.25) is 15.9 Å². The molecule has 1 fully saturated rings. The summed E-state index contributed by atoms with van der Waals surface area (Å²) in [7, 11) is -2.64.